The van der Waals surface area contributed by atoms with Gasteiger partial charge >= 0.3 is 0 Å². The number of nitrogens with zero attached hydrogens (tertiary/aromatic N) is 1. The van der Waals surface area contributed by atoms with Crippen LogP contribution < -0.4 is 10.2 Å². The molecule has 0 bridgehead atoms. The molecule has 0 saturated heterocycles. The van der Waals surface area contributed by atoms with E-state index in [-0.39, 0.29) is 17.7 Å². The monoisotopic (exact) mass is 336 g/mol. The van der Waals surface area contributed by atoms with Gasteiger partial charge < -0.3 is 5.32 Å². The highest BCUT2D eigenvalue weighted by Gasteiger charge is 2.37. The number of imide groups is 1. The van der Waals surface area contributed by atoms with Crippen LogP contribution in [0.2, 0.25) is 0 Å². The van der Waals surface area contributed by atoms with Crippen molar-refractivity contribution in [3.05, 3.63) is 64.7 Å². The van der Waals surface area contributed by atoms with Gasteiger partial charge in [-0.2, -0.15) is 0 Å². The number of carbonyl (C=O) groups is 3. The van der Waals surface area contributed by atoms with Crippen molar-refractivity contribution in [2.24, 2.45) is 5.92 Å². The predicted molar refractivity (Wildman–Crippen MR) is 95.9 cm³/mol. The molecule has 1 N–H and O–H groups in total. The van der Waals surface area contributed by atoms with Gasteiger partial charge in [0.05, 0.1) is 16.8 Å². The van der Waals surface area contributed by atoms with Gasteiger partial charge in [-0.1, -0.05) is 32.0 Å². The van der Waals surface area contributed by atoms with Crippen LogP contribution in [-0.2, 0) is 0 Å². The zero-order valence-corrected chi connectivity index (χ0v) is 14.5. The maximum absolute atomic E-state index is 12.7. The molecule has 0 spiro atoms. The molecule has 25 heavy (non-hydrogen) atoms. The van der Waals surface area contributed by atoms with Gasteiger partial charge in [0.2, 0.25) is 0 Å². The van der Waals surface area contributed by atoms with Gasteiger partial charge in [-0.05, 0) is 42.7 Å². The number of fused-ring (bicyclic) bond motifs is 1. The molecule has 0 atom stereocenters. The molecule has 3 rings (SSSR count). The van der Waals surface area contributed by atoms with Crippen LogP contribution in [-0.4, -0.2) is 24.3 Å². The van der Waals surface area contributed by atoms with E-state index in [1.54, 1.807) is 49.4 Å². The Balaban J connectivity index is 1.97. The highest BCUT2D eigenvalue weighted by Crippen LogP contribution is 2.31. The van der Waals surface area contributed by atoms with Crippen LogP contribution in [0.1, 0.15) is 50.5 Å². The molecule has 1 aliphatic heterocycles. The van der Waals surface area contributed by atoms with Gasteiger partial charge in [0, 0.05) is 12.1 Å². The molecule has 2 aromatic carbocycles. The summed E-state index contributed by atoms with van der Waals surface area (Å²) in [4.78, 5) is 38.9. The molecule has 2 aromatic rings. The van der Waals surface area contributed by atoms with Crippen molar-refractivity contribution in [1.29, 1.82) is 0 Å². The lowest BCUT2D eigenvalue weighted by Crippen LogP contribution is -2.32. The van der Waals surface area contributed by atoms with E-state index >= 15 is 0 Å². The first-order chi connectivity index (χ1) is 11.9. The lowest BCUT2D eigenvalue weighted by atomic mass is 10.0. The molecular formula is C20H20N2O3. The van der Waals surface area contributed by atoms with Crippen molar-refractivity contribution in [2.45, 2.75) is 20.8 Å². The number of amides is 3. The maximum atomic E-state index is 12.7. The molecule has 5 heteroatoms. The summed E-state index contributed by atoms with van der Waals surface area (Å²) in [6.45, 7) is 6.35. The van der Waals surface area contributed by atoms with E-state index in [1.807, 2.05) is 13.8 Å². The molecule has 128 valence electrons. The summed E-state index contributed by atoms with van der Waals surface area (Å²) < 4.78 is 0. The fourth-order valence-corrected chi connectivity index (χ4v) is 2.91. The Labute approximate surface area is 146 Å². The van der Waals surface area contributed by atoms with Gasteiger partial charge in [0.25, 0.3) is 17.7 Å². The third-order valence-corrected chi connectivity index (χ3v) is 4.26. The third-order valence-electron chi connectivity index (χ3n) is 4.26. The molecule has 5 nitrogen and oxygen atoms in total. The van der Waals surface area contributed by atoms with Crippen molar-refractivity contribution in [1.82, 2.24) is 5.32 Å². The number of nitrogens with one attached hydrogen (secondary N) is 1. The number of anilines is 1. The van der Waals surface area contributed by atoms with E-state index in [1.165, 1.54) is 0 Å². The van der Waals surface area contributed by atoms with Crippen molar-refractivity contribution >= 4 is 23.4 Å². The predicted octanol–water partition coefficient (Wildman–Crippen LogP) is 3.18. The molecule has 3 amide bonds. The van der Waals surface area contributed by atoms with Gasteiger partial charge in [-0.15, -0.1) is 0 Å². The van der Waals surface area contributed by atoms with E-state index in [2.05, 4.69) is 5.32 Å². The number of benzene rings is 2. The molecule has 0 radical (unpaired) electrons. The summed E-state index contributed by atoms with van der Waals surface area (Å²) in [7, 11) is 0. The van der Waals surface area contributed by atoms with Crippen LogP contribution in [0.4, 0.5) is 5.69 Å². The first kappa shape index (κ1) is 16.9. The summed E-state index contributed by atoms with van der Waals surface area (Å²) in [5.41, 5.74) is 2.31. The zero-order chi connectivity index (χ0) is 18.1. The second kappa shape index (κ2) is 6.51. The topological polar surface area (TPSA) is 66.5 Å². The van der Waals surface area contributed by atoms with E-state index < -0.39 is 0 Å². The van der Waals surface area contributed by atoms with Crippen molar-refractivity contribution in [3.63, 3.8) is 0 Å². The highest BCUT2D eigenvalue weighted by atomic mass is 16.2. The summed E-state index contributed by atoms with van der Waals surface area (Å²) >= 11 is 0. The fourth-order valence-electron chi connectivity index (χ4n) is 2.91. The summed E-state index contributed by atoms with van der Waals surface area (Å²) in [5, 5.41) is 2.87. The Morgan fingerprint density at radius 2 is 1.60 bits per heavy atom. The van der Waals surface area contributed by atoms with Crippen molar-refractivity contribution in [2.75, 3.05) is 11.4 Å². The Kier molecular flexibility index (Phi) is 4.40. The van der Waals surface area contributed by atoms with Gasteiger partial charge in [0.1, 0.15) is 0 Å². The van der Waals surface area contributed by atoms with Crippen LogP contribution in [0.5, 0.6) is 0 Å². The lowest BCUT2D eigenvalue weighted by molar-refractivity contribution is 0.0918. The van der Waals surface area contributed by atoms with Gasteiger partial charge in [-0.3, -0.25) is 14.4 Å². The molecule has 1 aliphatic rings. The van der Waals surface area contributed by atoms with E-state index in [0.717, 1.165) is 4.90 Å². The second-order valence-corrected chi connectivity index (χ2v) is 6.54. The van der Waals surface area contributed by atoms with Crippen LogP contribution in [0.3, 0.4) is 0 Å². The van der Waals surface area contributed by atoms with Gasteiger partial charge in [-0.25, -0.2) is 4.90 Å². The van der Waals surface area contributed by atoms with Gasteiger partial charge in [0.15, 0.2) is 0 Å². The van der Waals surface area contributed by atoms with Crippen molar-refractivity contribution in [3.8, 4) is 0 Å². The van der Waals surface area contributed by atoms with E-state index in [0.29, 0.717) is 40.4 Å². The minimum atomic E-state index is -0.358. The van der Waals surface area contributed by atoms with Crippen molar-refractivity contribution < 1.29 is 14.4 Å². The Morgan fingerprint density at radius 3 is 2.16 bits per heavy atom. The standard InChI is InChI=1S/C20H20N2O3/c1-12(2)11-21-18(23)14-9-6-10-17(13(14)3)22-19(24)15-7-4-5-8-16(15)20(22)25/h4-10,12H,11H2,1-3H3,(H,21,23). The second-order valence-electron chi connectivity index (χ2n) is 6.54. The molecule has 0 unspecified atom stereocenters. The number of hydrogen-bond donors (Lipinski definition) is 1. The summed E-state index contributed by atoms with van der Waals surface area (Å²) in [6, 6.07) is 11.8. The first-order valence-electron chi connectivity index (χ1n) is 8.27. The number of carbonyl (C=O) groups excluding carboxylic acids is 3. The molecule has 0 fully saturated rings. The Bertz CT molecular complexity index is 836. The zero-order valence-electron chi connectivity index (χ0n) is 14.5. The van der Waals surface area contributed by atoms with Crippen LogP contribution in [0, 0.1) is 12.8 Å². The van der Waals surface area contributed by atoms with E-state index in [9.17, 15) is 14.4 Å². The van der Waals surface area contributed by atoms with Crippen LogP contribution >= 0.6 is 0 Å². The third kappa shape index (κ3) is 2.93. The summed E-state index contributed by atoms with van der Waals surface area (Å²) in [6.07, 6.45) is 0. The smallest absolute Gasteiger partial charge is 0.266 e. The average Bonchev–Trinajstić information content (AvgIpc) is 2.85. The maximum Gasteiger partial charge on any atom is 0.266 e. The minimum Gasteiger partial charge on any atom is -0.352 e. The summed E-state index contributed by atoms with van der Waals surface area (Å²) in [5.74, 6) is -0.583. The normalized spacial score (nSPS) is 13.4. The molecular weight excluding hydrogens is 316 g/mol. The quantitative estimate of drug-likeness (QED) is 0.872. The molecule has 0 aliphatic carbocycles. The lowest BCUT2D eigenvalue weighted by Gasteiger charge is -2.19. The van der Waals surface area contributed by atoms with E-state index in [4.69, 9.17) is 0 Å². The van der Waals surface area contributed by atoms with Crippen LogP contribution in [0.15, 0.2) is 42.5 Å². The average molecular weight is 336 g/mol. The Morgan fingerprint density at radius 1 is 1.00 bits per heavy atom. The molecule has 1 heterocycles. The minimum absolute atomic E-state index is 0.204. The fraction of sp³-hybridized carbons (Fsp3) is 0.250. The first-order valence-corrected chi connectivity index (χ1v) is 8.27. The number of rotatable bonds is 4. The Hall–Kier alpha value is -2.95. The highest BCUT2D eigenvalue weighted by molar-refractivity contribution is 6.34. The SMILES string of the molecule is Cc1c(C(=O)NCC(C)C)cccc1N1C(=O)c2ccccc2C1=O. The van der Waals surface area contributed by atoms with Crippen LogP contribution in [0.25, 0.3) is 0 Å². The largest absolute Gasteiger partial charge is 0.352 e. The number of hydrogen-bond acceptors (Lipinski definition) is 3. The molecule has 0 saturated carbocycles. The molecule has 0 aromatic heterocycles.